The lowest BCUT2D eigenvalue weighted by Gasteiger charge is -2.35. The highest BCUT2D eigenvalue weighted by molar-refractivity contribution is 7.42. The van der Waals surface area contributed by atoms with Crippen LogP contribution in [0.3, 0.4) is 0 Å². The predicted molar refractivity (Wildman–Crippen MR) is 160 cm³/mol. The zero-order valence-electron chi connectivity index (χ0n) is 26.3. The van der Waals surface area contributed by atoms with E-state index in [4.69, 9.17) is 28.7 Å². The maximum absolute atomic E-state index is 10.9. The fraction of sp³-hybridized carbons (Fsp3) is 0.600. The highest BCUT2D eigenvalue weighted by Crippen LogP contribution is 2.36. The molecule has 0 saturated carbocycles. The van der Waals surface area contributed by atoms with E-state index >= 15 is 0 Å². The first-order chi connectivity index (χ1) is 18.9. The number of aliphatic hydroxyl groups is 2. The van der Waals surface area contributed by atoms with Crippen molar-refractivity contribution in [3.05, 3.63) is 59.7 Å². The zero-order chi connectivity index (χ0) is 32.0. The van der Waals surface area contributed by atoms with Gasteiger partial charge in [-0.15, -0.1) is 0 Å². The number of methoxy groups -OCH3 is 2. The van der Waals surface area contributed by atoms with Gasteiger partial charge in [-0.05, 0) is 76.4 Å². The minimum Gasteiger partial charge on any atom is -0.790 e. The normalized spacial score (nSPS) is 15.8. The molecule has 2 aromatic carbocycles. The average Bonchev–Trinajstić information content (AvgIpc) is 2.90. The minimum absolute atomic E-state index is 0.157. The highest BCUT2D eigenvalue weighted by atomic mass is 31.2. The molecule has 0 bridgehead atoms. The van der Waals surface area contributed by atoms with E-state index in [0.717, 1.165) is 35.7 Å². The molecule has 4 atom stereocenters. The van der Waals surface area contributed by atoms with E-state index in [1.807, 2.05) is 90.6 Å². The van der Waals surface area contributed by atoms with Crippen molar-refractivity contribution in [3.8, 4) is 11.5 Å². The molecule has 2 aromatic rings. The van der Waals surface area contributed by atoms with Crippen LogP contribution < -0.4 is 19.3 Å². The van der Waals surface area contributed by atoms with Gasteiger partial charge < -0.3 is 48.7 Å². The van der Waals surface area contributed by atoms with Gasteiger partial charge in [-0.2, -0.15) is 0 Å². The number of benzene rings is 2. The SMILES string of the molecule is CC[C@@](O)(c1cccc(OC)c1)[C@H](C)CN(C)C.CC[C@@](O)(c1cccc(OC)c1)[C@H](C)CN(C)C.O=P([O-])([O-])O. The summed E-state index contributed by atoms with van der Waals surface area (Å²) in [6.45, 7) is 9.91. The van der Waals surface area contributed by atoms with Gasteiger partial charge in [0.15, 0.2) is 0 Å². The molecule has 0 aliphatic heterocycles. The molecule has 41 heavy (non-hydrogen) atoms. The van der Waals surface area contributed by atoms with Crippen molar-refractivity contribution >= 4 is 7.82 Å². The maximum Gasteiger partial charge on any atom is 0.119 e. The molecule has 0 spiro atoms. The third-order valence-electron chi connectivity index (χ3n) is 7.13. The molecule has 0 heterocycles. The smallest absolute Gasteiger partial charge is 0.119 e. The molecule has 0 radical (unpaired) electrons. The summed E-state index contributed by atoms with van der Waals surface area (Å²) in [7, 11) is 6.26. The Hall–Kier alpha value is -2.01. The monoisotopic (exact) mass is 598 g/mol. The summed E-state index contributed by atoms with van der Waals surface area (Å²) in [5.74, 6) is 1.89. The topological polar surface area (TPSA) is 149 Å². The van der Waals surface area contributed by atoms with Crippen molar-refractivity contribution < 1.29 is 38.9 Å². The summed E-state index contributed by atoms with van der Waals surface area (Å²) in [5.41, 5.74) is 0.245. The molecule has 10 nitrogen and oxygen atoms in total. The average molecular weight is 599 g/mol. The summed E-state index contributed by atoms with van der Waals surface area (Å²) >= 11 is 0. The molecule has 0 aliphatic rings. The van der Waals surface area contributed by atoms with Gasteiger partial charge in [-0.25, -0.2) is 0 Å². The summed E-state index contributed by atoms with van der Waals surface area (Å²) in [5, 5.41) is 21.9. The van der Waals surface area contributed by atoms with Crippen molar-refractivity contribution in [1.82, 2.24) is 9.80 Å². The van der Waals surface area contributed by atoms with Crippen LogP contribution in [0.25, 0.3) is 0 Å². The van der Waals surface area contributed by atoms with Crippen molar-refractivity contribution in [3.63, 3.8) is 0 Å². The summed E-state index contributed by atoms with van der Waals surface area (Å²) in [4.78, 5) is 28.5. The molecule has 3 N–H and O–H groups in total. The first kappa shape index (κ1) is 39.0. The Labute approximate surface area is 246 Å². The number of rotatable bonds is 12. The second-order valence-electron chi connectivity index (χ2n) is 10.8. The van der Waals surface area contributed by atoms with Crippen LogP contribution in [0, 0.1) is 11.8 Å². The van der Waals surface area contributed by atoms with Crippen molar-refractivity contribution in [2.75, 3.05) is 55.5 Å². The Kier molecular flexibility index (Phi) is 17.0. The molecule has 0 fully saturated rings. The van der Waals surface area contributed by atoms with Crippen LogP contribution in [0.5, 0.6) is 11.5 Å². The van der Waals surface area contributed by atoms with Gasteiger partial charge in [0, 0.05) is 24.9 Å². The van der Waals surface area contributed by atoms with E-state index in [9.17, 15) is 10.2 Å². The maximum atomic E-state index is 10.9. The Bertz CT molecular complexity index is 983. The van der Waals surface area contributed by atoms with E-state index in [1.165, 1.54) is 0 Å². The van der Waals surface area contributed by atoms with Crippen LogP contribution >= 0.6 is 7.82 Å². The van der Waals surface area contributed by atoms with Gasteiger partial charge in [-0.1, -0.05) is 52.0 Å². The Morgan fingerprint density at radius 3 is 1.29 bits per heavy atom. The summed E-state index contributed by atoms with van der Waals surface area (Å²) in [6.07, 6.45) is 1.38. The Morgan fingerprint density at radius 1 is 0.780 bits per heavy atom. The van der Waals surface area contributed by atoms with Gasteiger partial charge >= 0.3 is 0 Å². The van der Waals surface area contributed by atoms with E-state index in [-0.39, 0.29) is 11.8 Å². The number of phosphoric acid groups is 1. The van der Waals surface area contributed by atoms with Crippen molar-refractivity contribution in [2.24, 2.45) is 11.8 Å². The number of nitrogens with zero attached hydrogens (tertiary/aromatic N) is 2. The first-order valence-electron chi connectivity index (χ1n) is 13.7. The van der Waals surface area contributed by atoms with E-state index in [2.05, 4.69) is 23.6 Å². The highest BCUT2D eigenvalue weighted by Gasteiger charge is 2.35. The van der Waals surface area contributed by atoms with Gasteiger partial charge in [-0.3, -0.25) is 0 Å². The first-order valence-corrected chi connectivity index (χ1v) is 15.1. The number of hydrogen-bond donors (Lipinski definition) is 3. The molecule has 0 aromatic heterocycles. The van der Waals surface area contributed by atoms with Crippen LogP contribution in [0.15, 0.2) is 48.5 Å². The van der Waals surface area contributed by atoms with Gasteiger partial charge in [0.2, 0.25) is 0 Å². The molecular weight excluding hydrogens is 547 g/mol. The van der Waals surface area contributed by atoms with Crippen LogP contribution in [0.2, 0.25) is 0 Å². The lowest BCUT2D eigenvalue weighted by molar-refractivity contribution is -0.337. The van der Waals surface area contributed by atoms with Crippen LogP contribution in [-0.2, 0) is 15.8 Å². The summed E-state index contributed by atoms with van der Waals surface area (Å²) < 4.78 is 19.1. The molecule has 0 saturated heterocycles. The van der Waals surface area contributed by atoms with E-state index in [1.54, 1.807) is 14.2 Å². The van der Waals surface area contributed by atoms with Gasteiger partial charge in [0.05, 0.1) is 33.2 Å². The largest absolute Gasteiger partial charge is 0.790 e. The Morgan fingerprint density at radius 2 is 1.07 bits per heavy atom. The minimum atomic E-state index is -5.14. The van der Waals surface area contributed by atoms with Crippen molar-refractivity contribution in [2.45, 2.75) is 51.7 Å². The van der Waals surface area contributed by atoms with Crippen LogP contribution in [0.1, 0.15) is 51.7 Å². The fourth-order valence-corrected chi connectivity index (χ4v) is 4.86. The van der Waals surface area contributed by atoms with Crippen molar-refractivity contribution in [1.29, 1.82) is 0 Å². The van der Waals surface area contributed by atoms with Crippen LogP contribution in [-0.4, -0.2) is 80.4 Å². The molecule has 0 aliphatic carbocycles. The fourth-order valence-electron chi connectivity index (χ4n) is 4.86. The molecular formula is C30H51N2O8P-2. The van der Waals surface area contributed by atoms with E-state index in [0.29, 0.717) is 12.8 Å². The lowest BCUT2D eigenvalue weighted by atomic mass is 9.80. The molecule has 0 unspecified atom stereocenters. The molecule has 0 amide bonds. The van der Waals surface area contributed by atoms with Crippen LogP contribution in [0.4, 0.5) is 0 Å². The zero-order valence-corrected chi connectivity index (χ0v) is 27.2. The quantitative estimate of drug-likeness (QED) is 0.312. The standard InChI is InChI=1S/2C15H25NO2.H3O4P/c2*1-6-15(17,12(2)11-16(3)4)13-8-7-9-14(10-13)18-5;1-5(2,3)4/h2*7-10,12,17H,6,11H2,1-5H3;(H3,1,2,3,4)/p-2/t2*12-,15+;/m11./s1. The van der Waals surface area contributed by atoms with E-state index < -0.39 is 19.0 Å². The third-order valence-corrected chi connectivity index (χ3v) is 7.13. The van der Waals surface area contributed by atoms with Gasteiger partial charge in [0.25, 0.3) is 0 Å². The molecule has 11 heteroatoms. The predicted octanol–water partition coefficient (Wildman–Crippen LogP) is 2.79. The number of ether oxygens (including phenoxy) is 2. The Balaban J connectivity index is 0.000000671. The lowest BCUT2D eigenvalue weighted by Crippen LogP contribution is -2.38. The van der Waals surface area contributed by atoms with Gasteiger partial charge in [0.1, 0.15) is 11.5 Å². The summed E-state index contributed by atoms with van der Waals surface area (Å²) in [6, 6.07) is 15.4. The molecule has 2 rings (SSSR count). The molecule has 236 valence electrons. The number of hydrogen-bond acceptors (Lipinski definition) is 9. The third kappa shape index (κ3) is 13.7. The second kappa shape index (κ2) is 17.8. The second-order valence-corrected chi connectivity index (χ2v) is 11.8.